The molecule has 0 spiro atoms. The minimum atomic E-state index is 0.302. The number of aromatic nitrogens is 4. The number of aryl methyl sites for hydroxylation is 2. The molecule has 2 saturated heterocycles. The molecule has 2 N–H and O–H groups in total. The molecule has 11 nitrogen and oxygen atoms in total. The molecular formula is C24H32N8O3. The Bertz CT molecular complexity index is 1170. The Morgan fingerprint density at radius 1 is 1.06 bits per heavy atom. The van der Waals surface area contributed by atoms with Gasteiger partial charge in [-0.2, -0.15) is 20.1 Å². The number of ether oxygens (including phenoxy) is 3. The summed E-state index contributed by atoms with van der Waals surface area (Å²) in [5, 5.41) is 5.55. The van der Waals surface area contributed by atoms with Crippen molar-refractivity contribution in [1.82, 2.24) is 24.8 Å². The monoisotopic (exact) mass is 480 g/mol. The summed E-state index contributed by atoms with van der Waals surface area (Å²) in [6.45, 7) is 11.6. The first-order valence-corrected chi connectivity index (χ1v) is 12.1. The number of morpholine rings is 2. The normalized spacial score (nSPS) is 17.4. The summed E-state index contributed by atoms with van der Waals surface area (Å²) >= 11 is 0. The van der Waals surface area contributed by atoms with Crippen LogP contribution in [0.3, 0.4) is 0 Å². The van der Waals surface area contributed by atoms with Crippen molar-refractivity contribution in [3.8, 4) is 6.01 Å². The predicted octanol–water partition coefficient (Wildman–Crippen LogP) is 1.96. The molecule has 186 valence electrons. The summed E-state index contributed by atoms with van der Waals surface area (Å²) in [5.74, 6) is 1.01. The fourth-order valence-corrected chi connectivity index (χ4v) is 4.17. The first-order chi connectivity index (χ1) is 17.2. The second kappa shape index (κ2) is 11.0. The third-order valence-corrected chi connectivity index (χ3v) is 6.34. The second-order valence-corrected chi connectivity index (χ2v) is 8.68. The lowest BCUT2D eigenvalue weighted by Crippen LogP contribution is -2.39. The Labute approximate surface area is 204 Å². The Balaban J connectivity index is 1.29. The zero-order valence-corrected chi connectivity index (χ0v) is 20.3. The van der Waals surface area contributed by atoms with Crippen LogP contribution in [0.5, 0.6) is 6.01 Å². The molecule has 2 aromatic heterocycles. The Kier molecular flexibility index (Phi) is 7.36. The van der Waals surface area contributed by atoms with Crippen molar-refractivity contribution in [3.05, 3.63) is 35.3 Å². The maximum Gasteiger partial charge on any atom is 0.321 e. The largest absolute Gasteiger partial charge is 0.462 e. The van der Waals surface area contributed by atoms with Gasteiger partial charge >= 0.3 is 6.01 Å². The smallest absolute Gasteiger partial charge is 0.321 e. The molecule has 0 radical (unpaired) electrons. The quantitative estimate of drug-likeness (QED) is 0.369. The number of rotatable bonds is 8. The molecule has 1 aromatic carbocycles. The summed E-state index contributed by atoms with van der Waals surface area (Å²) in [6, 6.07) is 6.42. The summed E-state index contributed by atoms with van der Waals surface area (Å²) < 4.78 is 16.8. The SMILES string of the molecule is Cc1[nH]c2ccc(N/N=C/c3nc(OCCN4CCOCC4)nc(N4CCOCC4)n3)cc2c1C. The average Bonchev–Trinajstić information content (AvgIpc) is 3.18. The highest BCUT2D eigenvalue weighted by molar-refractivity contribution is 5.87. The van der Waals surface area contributed by atoms with Crippen LogP contribution in [0.4, 0.5) is 11.6 Å². The van der Waals surface area contributed by atoms with E-state index in [9.17, 15) is 0 Å². The standard InChI is InChI=1S/C24H32N8O3/c1-17-18(2)26-21-4-3-19(15-20(17)21)30-25-16-22-27-23(32-8-12-34-13-9-32)29-24(28-22)35-14-7-31-5-10-33-11-6-31/h3-4,15-16,26,30H,5-14H2,1-2H3/b25-16+. The molecule has 3 aromatic rings. The van der Waals surface area contributed by atoms with Gasteiger partial charge < -0.3 is 24.1 Å². The van der Waals surface area contributed by atoms with Gasteiger partial charge in [-0.05, 0) is 37.6 Å². The maximum atomic E-state index is 5.92. The second-order valence-electron chi connectivity index (χ2n) is 8.68. The van der Waals surface area contributed by atoms with Crippen molar-refractivity contribution in [2.24, 2.45) is 5.10 Å². The van der Waals surface area contributed by atoms with Crippen LogP contribution in [-0.2, 0) is 9.47 Å². The van der Waals surface area contributed by atoms with Crippen molar-refractivity contribution in [3.63, 3.8) is 0 Å². The van der Waals surface area contributed by atoms with Crippen LogP contribution < -0.4 is 15.1 Å². The number of nitrogens with one attached hydrogen (secondary N) is 2. The third-order valence-electron chi connectivity index (χ3n) is 6.34. The molecule has 0 amide bonds. The van der Waals surface area contributed by atoms with Crippen LogP contribution in [0.25, 0.3) is 10.9 Å². The van der Waals surface area contributed by atoms with Crippen molar-refractivity contribution in [2.75, 3.05) is 76.1 Å². The molecular weight excluding hydrogens is 448 g/mol. The first-order valence-electron chi connectivity index (χ1n) is 12.1. The van der Waals surface area contributed by atoms with Gasteiger partial charge in [0.05, 0.1) is 38.3 Å². The number of aromatic amines is 1. The highest BCUT2D eigenvalue weighted by Crippen LogP contribution is 2.24. The van der Waals surface area contributed by atoms with Crippen molar-refractivity contribution in [2.45, 2.75) is 13.8 Å². The fourth-order valence-electron chi connectivity index (χ4n) is 4.17. The van der Waals surface area contributed by atoms with E-state index in [1.165, 1.54) is 16.6 Å². The van der Waals surface area contributed by atoms with E-state index in [-0.39, 0.29) is 0 Å². The van der Waals surface area contributed by atoms with Crippen LogP contribution >= 0.6 is 0 Å². The fraction of sp³-hybridized carbons (Fsp3) is 0.500. The van der Waals surface area contributed by atoms with E-state index in [0.29, 0.717) is 37.6 Å². The van der Waals surface area contributed by atoms with E-state index < -0.39 is 0 Å². The molecule has 0 aliphatic carbocycles. The summed E-state index contributed by atoms with van der Waals surface area (Å²) in [7, 11) is 0. The molecule has 4 heterocycles. The van der Waals surface area contributed by atoms with E-state index >= 15 is 0 Å². The Hall–Kier alpha value is -3.28. The first kappa shape index (κ1) is 23.5. The van der Waals surface area contributed by atoms with Gasteiger partial charge in [-0.15, -0.1) is 0 Å². The van der Waals surface area contributed by atoms with E-state index in [1.807, 2.05) is 12.1 Å². The average molecular weight is 481 g/mol. The number of hydrogen-bond donors (Lipinski definition) is 2. The van der Waals surface area contributed by atoms with E-state index in [0.717, 1.165) is 57.1 Å². The lowest BCUT2D eigenvalue weighted by molar-refractivity contribution is 0.0317. The van der Waals surface area contributed by atoms with Gasteiger partial charge in [0.15, 0.2) is 5.82 Å². The molecule has 2 aliphatic heterocycles. The molecule has 11 heteroatoms. The van der Waals surface area contributed by atoms with Gasteiger partial charge in [0.2, 0.25) is 5.95 Å². The highest BCUT2D eigenvalue weighted by atomic mass is 16.5. The summed E-state index contributed by atoms with van der Waals surface area (Å²) in [5.41, 5.74) is 7.49. The summed E-state index contributed by atoms with van der Waals surface area (Å²) in [6.07, 6.45) is 1.60. The molecule has 0 bridgehead atoms. The zero-order chi connectivity index (χ0) is 24.0. The number of H-pyrrole nitrogens is 1. The highest BCUT2D eigenvalue weighted by Gasteiger charge is 2.17. The van der Waals surface area contributed by atoms with Gasteiger partial charge in [0, 0.05) is 49.3 Å². The predicted molar refractivity (Wildman–Crippen MR) is 135 cm³/mol. The van der Waals surface area contributed by atoms with Gasteiger partial charge in [-0.25, -0.2) is 0 Å². The number of benzene rings is 1. The van der Waals surface area contributed by atoms with Gasteiger partial charge in [-0.3, -0.25) is 10.3 Å². The zero-order valence-electron chi connectivity index (χ0n) is 20.3. The maximum absolute atomic E-state index is 5.92. The number of hydrogen-bond acceptors (Lipinski definition) is 10. The number of hydrazone groups is 1. The summed E-state index contributed by atoms with van der Waals surface area (Å²) in [4.78, 5) is 21.4. The van der Waals surface area contributed by atoms with Crippen molar-refractivity contribution < 1.29 is 14.2 Å². The minimum Gasteiger partial charge on any atom is -0.462 e. The Morgan fingerprint density at radius 3 is 2.63 bits per heavy atom. The third kappa shape index (κ3) is 5.87. The number of fused-ring (bicyclic) bond motifs is 1. The van der Waals surface area contributed by atoms with E-state index in [1.54, 1.807) is 6.21 Å². The molecule has 5 rings (SSSR count). The molecule has 0 unspecified atom stereocenters. The van der Waals surface area contributed by atoms with Crippen LogP contribution in [0, 0.1) is 13.8 Å². The molecule has 2 aliphatic rings. The van der Waals surface area contributed by atoms with Gasteiger partial charge in [0.1, 0.15) is 6.61 Å². The van der Waals surface area contributed by atoms with E-state index in [2.05, 4.69) is 60.2 Å². The molecule has 35 heavy (non-hydrogen) atoms. The van der Waals surface area contributed by atoms with Gasteiger partial charge in [-0.1, -0.05) is 0 Å². The number of nitrogens with zero attached hydrogens (tertiary/aromatic N) is 6. The topological polar surface area (TPSA) is 113 Å². The number of anilines is 2. The van der Waals surface area contributed by atoms with Gasteiger partial charge in [0.25, 0.3) is 0 Å². The Morgan fingerprint density at radius 2 is 1.83 bits per heavy atom. The lowest BCUT2D eigenvalue weighted by Gasteiger charge is -2.27. The van der Waals surface area contributed by atoms with Crippen molar-refractivity contribution >= 4 is 28.8 Å². The van der Waals surface area contributed by atoms with Crippen LogP contribution in [0.15, 0.2) is 23.3 Å². The van der Waals surface area contributed by atoms with Crippen LogP contribution in [0.1, 0.15) is 17.1 Å². The molecule has 2 fully saturated rings. The van der Waals surface area contributed by atoms with Crippen molar-refractivity contribution in [1.29, 1.82) is 0 Å². The van der Waals surface area contributed by atoms with E-state index in [4.69, 9.17) is 14.2 Å². The molecule has 0 saturated carbocycles. The van der Waals surface area contributed by atoms with Crippen LogP contribution in [0.2, 0.25) is 0 Å². The van der Waals surface area contributed by atoms with Crippen LogP contribution in [-0.4, -0.2) is 96.8 Å². The minimum absolute atomic E-state index is 0.302. The lowest BCUT2D eigenvalue weighted by atomic mass is 10.1. The molecule has 0 atom stereocenters.